The van der Waals surface area contributed by atoms with Crippen LogP contribution in [0.15, 0.2) is 36.4 Å². The highest BCUT2D eigenvalue weighted by molar-refractivity contribution is 5.90. The molecule has 1 aliphatic heterocycles. The lowest BCUT2D eigenvalue weighted by molar-refractivity contribution is -0.126. The van der Waals surface area contributed by atoms with E-state index in [1.165, 1.54) is 0 Å². The Labute approximate surface area is 134 Å². The van der Waals surface area contributed by atoms with Crippen molar-refractivity contribution < 1.29 is 23.7 Å². The molecule has 3 rings (SSSR count). The van der Waals surface area contributed by atoms with E-state index in [0.29, 0.717) is 28.6 Å². The Morgan fingerprint density at radius 2 is 1.70 bits per heavy atom. The largest absolute Gasteiger partial charge is 0.496 e. The molecule has 0 bridgehead atoms. The molecule has 2 aromatic carbocycles. The van der Waals surface area contributed by atoms with Crippen LogP contribution in [-0.4, -0.2) is 27.1 Å². The summed E-state index contributed by atoms with van der Waals surface area (Å²) in [5.74, 6) is 2.00. The molecule has 0 radical (unpaired) electrons. The second-order valence-corrected chi connectivity index (χ2v) is 5.17. The van der Waals surface area contributed by atoms with Gasteiger partial charge in [-0.05, 0) is 5.56 Å². The van der Waals surface area contributed by atoms with Crippen molar-refractivity contribution in [3.8, 4) is 23.0 Å². The van der Waals surface area contributed by atoms with Gasteiger partial charge < -0.3 is 18.9 Å². The van der Waals surface area contributed by atoms with Crippen LogP contribution in [0.3, 0.4) is 0 Å². The summed E-state index contributed by atoms with van der Waals surface area (Å²) in [5.41, 5.74) is 1.49. The third-order valence-electron chi connectivity index (χ3n) is 3.89. The topological polar surface area (TPSA) is 54.0 Å². The molecular weight excluding hydrogens is 296 g/mol. The number of benzene rings is 2. The molecule has 0 saturated heterocycles. The number of carbonyl (C=O) groups excluding carboxylic acids is 1. The highest BCUT2D eigenvalue weighted by Gasteiger charge is 2.35. The maximum absolute atomic E-state index is 12.5. The monoisotopic (exact) mass is 314 g/mol. The molecule has 0 fully saturated rings. The quantitative estimate of drug-likeness (QED) is 0.868. The molecule has 0 N–H and O–H groups in total. The lowest BCUT2D eigenvalue weighted by atomic mass is 9.95. The van der Waals surface area contributed by atoms with Crippen LogP contribution in [0.2, 0.25) is 0 Å². The van der Waals surface area contributed by atoms with Gasteiger partial charge in [0.05, 0.1) is 21.3 Å². The molecule has 1 unspecified atom stereocenters. The molecule has 0 aromatic heterocycles. The van der Waals surface area contributed by atoms with E-state index in [2.05, 4.69) is 0 Å². The first-order valence-corrected chi connectivity index (χ1v) is 7.25. The van der Waals surface area contributed by atoms with Gasteiger partial charge in [0, 0.05) is 18.1 Å². The standard InChI is InChI=1S/C18H18O5/c1-20-14-10-15(21-2)18(22-3)17-12(14)9-13(19)16(23-17)11-7-5-4-6-8-11/h4-8,10,16H,9H2,1-3H3. The van der Waals surface area contributed by atoms with Crippen molar-refractivity contribution in [2.45, 2.75) is 12.5 Å². The van der Waals surface area contributed by atoms with Crippen molar-refractivity contribution in [3.63, 3.8) is 0 Å². The molecule has 23 heavy (non-hydrogen) atoms. The summed E-state index contributed by atoms with van der Waals surface area (Å²) in [4.78, 5) is 12.5. The van der Waals surface area contributed by atoms with Gasteiger partial charge in [-0.15, -0.1) is 0 Å². The molecular formula is C18H18O5. The lowest BCUT2D eigenvalue weighted by Crippen LogP contribution is -2.26. The van der Waals surface area contributed by atoms with E-state index in [1.54, 1.807) is 27.4 Å². The van der Waals surface area contributed by atoms with Crippen molar-refractivity contribution >= 4 is 5.78 Å². The Morgan fingerprint density at radius 3 is 2.30 bits per heavy atom. The SMILES string of the molecule is COc1cc(OC)c(OC)c2c1CC(=O)C(c1ccccc1)O2. The van der Waals surface area contributed by atoms with Crippen LogP contribution >= 0.6 is 0 Å². The summed E-state index contributed by atoms with van der Waals surface area (Å²) in [7, 11) is 4.64. The minimum atomic E-state index is -0.658. The number of hydrogen-bond acceptors (Lipinski definition) is 5. The summed E-state index contributed by atoms with van der Waals surface area (Å²) >= 11 is 0. The van der Waals surface area contributed by atoms with Gasteiger partial charge in [-0.1, -0.05) is 30.3 Å². The molecule has 120 valence electrons. The summed E-state index contributed by atoms with van der Waals surface area (Å²) in [5, 5.41) is 0. The van der Waals surface area contributed by atoms with Gasteiger partial charge in [-0.25, -0.2) is 0 Å². The van der Waals surface area contributed by atoms with Crippen molar-refractivity contribution in [3.05, 3.63) is 47.5 Å². The van der Waals surface area contributed by atoms with Crippen molar-refractivity contribution in [1.82, 2.24) is 0 Å². The molecule has 1 atom stereocenters. The smallest absolute Gasteiger partial charge is 0.203 e. The predicted octanol–water partition coefficient (Wildman–Crippen LogP) is 2.96. The van der Waals surface area contributed by atoms with Crippen LogP contribution in [0.4, 0.5) is 0 Å². The number of methoxy groups -OCH3 is 3. The van der Waals surface area contributed by atoms with Crippen molar-refractivity contribution in [2.24, 2.45) is 0 Å². The number of carbonyl (C=O) groups is 1. The average molecular weight is 314 g/mol. The third-order valence-corrected chi connectivity index (χ3v) is 3.89. The molecule has 5 heteroatoms. The Balaban J connectivity index is 2.12. The Bertz CT molecular complexity index is 724. The van der Waals surface area contributed by atoms with Crippen molar-refractivity contribution in [2.75, 3.05) is 21.3 Å². The lowest BCUT2D eigenvalue weighted by Gasteiger charge is -2.28. The number of ether oxygens (including phenoxy) is 4. The Hall–Kier alpha value is -2.69. The molecule has 0 spiro atoms. The van der Waals surface area contributed by atoms with Crippen LogP contribution < -0.4 is 18.9 Å². The molecule has 1 aliphatic rings. The van der Waals surface area contributed by atoms with Crippen LogP contribution in [0, 0.1) is 0 Å². The first-order valence-electron chi connectivity index (χ1n) is 7.25. The van der Waals surface area contributed by atoms with Gasteiger partial charge in [-0.3, -0.25) is 4.79 Å². The average Bonchev–Trinajstić information content (AvgIpc) is 2.60. The summed E-state index contributed by atoms with van der Waals surface area (Å²) in [6, 6.07) is 11.1. The number of fused-ring (bicyclic) bond motifs is 1. The fraction of sp³-hybridized carbons (Fsp3) is 0.278. The summed E-state index contributed by atoms with van der Waals surface area (Å²) in [6.45, 7) is 0. The van der Waals surface area contributed by atoms with Crippen LogP contribution in [-0.2, 0) is 11.2 Å². The number of rotatable bonds is 4. The van der Waals surface area contributed by atoms with Gasteiger partial charge >= 0.3 is 0 Å². The molecule has 0 saturated carbocycles. The van der Waals surface area contributed by atoms with E-state index in [-0.39, 0.29) is 12.2 Å². The van der Waals surface area contributed by atoms with E-state index in [1.807, 2.05) is 30.3 Å². The van der Waals surface area contributed by atoms with Crippen LogP contribution in [0.5, 0.6) is 23.0 Å². The summed E-state index contributed by atoms with van der Waals surface area (Å²) < 4.78 is 22.2. The van der Waals surface area contributed by atoms with Crippen LogP contribution in [0.1, 0.15) is 17.2 Å². The maximum Gasteiger partial charge on any atom is 0.203 e. The second-order valence-electron chi connectivity index (χ2n) is 5.17. The third kappa shape index (κ3) is 2.59. The molecule has 2 aromatic rings. The summed E-state index contributed by atoms with van der Waals surface area (Å²) in [6.07, 6.45) is -0.437. The second kappa shape index (κ2) is 6.20. The highest BCUT2D eigenvalue weighted by Crippen LogP contribution is 2.49. The zero-order valence-corrected chi connectivity index (χ0v) is 13.3. The highest BCUT2D eigenvalue weighted by atomic mass is 16.5. The Kier molecular flexibility index (Phi) is 4.10. The predicted molar refractivity (Wildman–Crippen MR) is 84.6 cm³/mol. The van der Waals surface area contributed by atoms with E-state index in [4.69, 9.17) is 18.9 Å². The first kappa shape index (κ1) is 15.2. The number of hydrogen-bond donors (Lipinski definition) is 0. The zero-order valence-electron chi connectivity index (χ0n) is 13.3. The molecule has 5 nitrogen and oxygen atoms in total. The minimum absolute atomic E-state index is 0.0192. The van der Waals surface area contributed by atoms with E-state index in [9.17, 15) is 4.79 Å². The number of Topliss-reactive ketones (excluding diaryl/α,β-unsaturated/α-hetero) is 1. The van der Waals surface area contributed by atoms with Gasteiger partial charge in [0.15, 0.2) is 23.4 Å². The van der Waals surface area contributed by atoms with E-state index in [0.717, 1.165) is 5.56 Å². The fourth-order valence-electron chi connectivity index (χ4n) is 2.78. The molecule has 1 heterocycles. The van der Waals surface area contributed by atoms with Gasteiger partial charge in [-0.2, -0.15) is 0 Å². The van der Waals surface area contributed by atoms with Gasteiger partial charge in [0.25, 0.3) is 0 Å². The fourth-order valence-corrected chi connectivity index (χ4v) is 2.78. The maximum atomic E-state index is 12.5. The molecule has 0 amide bonds. The zero-order chi connectivity index (χ0) is 16.4. The van der Waals surface area contributed by atoms with E-state index < -0.39 is 6.10 Å². The minimum Gasteiger partial charge on any atom is -0.496 e. The number of ketones is 1. The first-order chi connectivity index (χ1) is 11.2. The Morgan fingerprint density at radius 1 is 1.00 bits per heavy atom. The van der Waals surface area contributed by atoms with Gasteiger partial charge in [0.2, 0.25) is 5.75 Å². The van der Waals surface area contributed by atoms with Crippen molar-refractivity contribution in [1.29, 1.82) is 0 Å². The molecule has 0 aliphatic carbocycles. The van der Waals surface area contributed by atoms with Crippen LogP contribution in [0.25, 0.3) is 0 Å². The van der Waals surface area contributed by atoms with Gasteiger partial charge in [0.1, 0.15) is 5.75 Å². The normalized spacial score (nSPS) is 16.3. The van der Waals surface area contributed by atoms with E-state index >= 15 is 0 Å².